The van der Waals surface area contributed by atoms with Crippen molar-refractivity contribution in [2.45, 2.75) is 0 Å². The van der Waals surface area contributed by atoms with E-state index in [4.69, 9.17) is 4.74 Å². The van der Waals surface area contributed by atoms with E-state index in [0.29, 0.717) is 22.3 Å². The van der Waals surface area contributed by atoms with Gasteiger partial charge in [0.1, 0.15) is 11.5 Å². The Balaban J connectivity index is 0.000000410. The highest BCUT2D eigenvalue weighted by molar-refractivity contribution is 6.30. The zero-order valence-electron chi connectivity index (χ0n) is 20.6. The van der Waals surface area contributed by atoms with Crippen LogP contribution in [0.15, 0.2) is 121 Å². The summed E-state index contributed by atoms with van der Waals surface area (Å²) < 4.78 is 6.10. The van der Waals surface area contributed by atoms with Gasteiger partial charge in [0.2, 0.25) is 0 Å². The van der Waals surface area contributed by atoms with Crippen molar-refractivity contribution >= 4 is 23.1 Å². The van der Waals surface area contributed by atoms with Gasteiger partial charge in [0.05, 0.1) is 11.1 Å². The molecular weight excluding hydrogens is 488 g/mol. The molecule has 7 rings (SSSR count). The van der Waals surface area contributed by atoms with Crippen LogP contribution in [0.1, 0.15) is 63.7 Å². The Hall–Kier alpha value is -5.42. The molecule has 0 aliphatic heterocycles. The molecule has 5 aromatic rings. The van der Waals surface area contributed by atoms with E-state index in [0.717, 1.165) is 0 Å². The van der Waals surface area contributed by atoms with Gasteiger partial charge in [-0.2, -0.15) is 0 Å². The van der Waals surface area contributed by atoms with Crippen LogP contribution in [0, 0.1) is 0 Å². The molecule has 0 fully saturated rings. The molecule has 5 heteroatoms. The third-order valence-electron chi connectivity index (χ3n) is 6.72. The minimum Gasteiger partial charge on any atom is -0.456 e. The lowest BCUT2D eigenvalue weighted by Gasteiger charge is -2.22. The van der Waals surface area contributed by atoms with E-state index >= 15 is 0 Å². The highest BCUT2D eigenvalue weighted by Gasteiger charge is 2.35. The van der Waals surface area contributed by atoms with Gasteiger partial charge in [-0.25, -0.2) is 0 Å². The minimum absolute atomic E-state index is 0.147. The summed E-state index contributed by atoms with van der Waals surface area (Å²) in [5.41, 5.74) is 2.09. The van der Waals surface area contributed by atoms with E-state index in [9.17, 15) is 19.2 Å². The molecule has 5 nitrogen and oxygen atoms in total. The number of ketones is 4. The van der Waals surface area contributed by atoms with Crippen LogP contribution >= 0.6 is 0 Å². The summed E-state index contributed by atoms with van der Waals surface area (Å²) >= 11 is 0. The standard InChI is InChI=1S/C28H14O5.C6H6/c29-25-15-7-1-3-9-17(15)27(31)23-19(25)11-5-13-21(23)33-22-14-6-12-20-24(22)28(32)18-10-4-2-8-16(18)26(20)30;1-2-4-6-5-3-1/h1-14H;1-6H. The SMILES string of the molecule is O=C1c2ccccc2C(=O)c2c(Oc3cccc4c3C(=O)c3ccccc3C4=O)cccc21.c1ccccc1. The van der Waals surface area contributed by atoms with Crippen molar-refractivity contribution in [3.8, 4) is 11.5 Å². The quantitative estimate of drug-likeness (QED) is 0.259. The first-order valence-corrected chi connectivity index (χ1v) is 12.4. The molecule has 0 atom stereocenters. The molecule has 0 spiro atoms. The Morgan fingerprint density at radius 2 is 0.615 bits per heavy atom. The molecule has 0 radical (unpaired) electrons. The van der Waals surface area contributed by atoms with Gasteiger partial charge in [0, 0.05) is 33.4 Å². The van der Waals surface area contributed by atoms with E-state index in [-0.39, 0.29) is 56.9 Å². The van der Waals surface area contributed by atoms with Crippen LogP contribution in [0.2, 0.25) is 0 Å². The highest BCUT2D eigenvalue weighted by Crippen LogP contribution is 2.39. The highest BCUT2D eigenvalue weighted by atomic mass is 16.5. The van der Waals surface area contributed by atoms with Crippen molar-refractivity contribution in [1.29, 1.82) is 0 Å². The Kier molecular flexibility index (Phi) is 6.02. The van der Waals surface area contributed by atoms with Crippen LogP contribution < -0.4 is 4.74 Å². The van der Waals surface area contributed by atoms with Crippen molar-refractivity contribution in [2.75, 3.05) is 0 Å². The third kappa shape index (κ3) is 4.06. The van der Waals surface area contributed by atoms with E-state index in [1.165, 1.54) is 0 Å². The van der Waals surface area contributed by atoms with Crippen molar-refractivity contribution in [3.63, 3.8) is 0 Å². The average Bonchev–Trinajstić information content (AvgIpc) is 3.00. The van der Waals surface area contributed by atoms with E-state index in [2.05, 4.69) is 0 Å². The first-order chi connectivity index (χ1) is 19.1. The number of benzene rings is 5. The van der Waals surface area contributed by atoms with Gasteiger partial charge in [0.25, 0.3) is 0 Å². The monoisotopic (exact) mass is 508 g/mol. The number of rotatable bonds is 2. The van der Waals surface area contributed by atoms with Crippen LogP contribution in [0.3, 0.4) is 0 Å². The first-order valence-electron chi connectivity index (χ1n) is 12.4. The maximum Gasteiger partial charge on any atom is 0.198 e. The second-order valence-electron chi connectivity index (χ2n) is 9.02. The maximum absolute atomic E-state index is 13.3. The third-order valence-corrected chi connectivity index (χ3v) is 6.72. The van der Waals surface area contributed by atoms with E-state index < -0.39 is 0 Å². The second-order valence-corrected chi connectivity index (χ2v) is 9.02. The molecule has 0 saturated heterocycles. The zero-order valence-corrected chi connectivity index (χ0v) is 20.6. The number of fused-ring (bicyclic) bond motifs is 4. The summed E-state index contributed by atoms with van der Waals surface area (Å²) in [5.74, 6) is -0.857. The topological polar surface area (TPSA) is 77.5 Å². The molecule has 0 N–H and O–H groups in total. The summed E-state index contributed by atoms with van der Waals surface area (Å²) in [4.78, 5) is 52.6. The number of hydrogen-bond donors (Lipinski definition) is 0. The smallest absolute Gasteiger partial charge is 0.198 e. The Bertz CT molecular complexity index is 1660. The van der Waals surface area contributed by atoms with Crippen LogP contribution in [0.4, 0.5) is 0 Å². The molecule has 39 heavy (non-hydrogen) atoms. The molecule has 0 saturated carbocycles. The largest absolute Gasteiger partial charge is 0.456 e. The van der Waals surface area contributed by atoms with Crippen LogP contribution in [-0.2, 0) is 0 Å². The molecule has 2 aliphatic carbocycles. The lowest BCUT2D eigenvalue weighted by atomic mass is 9.83. The molecule has 0 unspecified atom stereocenters. The van der Waals surface area contributed by atoms with Gasteiger partial charge < -0.3 is 4.74 Å². The number of hydrogen-bond acceptors (Lipinski definition) is 5. The summed E-state index contributed by atoms with van der Waals surface area (Å²) in [6.45, 7) is 0. The normalized spacial score (nSPS) is 12.8. The number of carbonyl (C=O) groups excluding carboxylic acids is 4. The average molecular weight is 509 g/mol. The summed E-state index contributed by atoms with van der Waals surface area (Å²) in [6.07, 6.45) is 0. The van der Waals surface area contributed by atoms with Gasteiger partial charge in [-0.05, 0) is 12.1 Å². The zero-order chi connectivity index (χ0) is 26.9. The molecular formula is C34H20O5. The molecule has 0 bridgehead atoms. The van der Waals surface area contributed by atoms with Gasteiger partial charge >= 0.3 is 0 Å². The summed E-state index contributed by atoms with van der Waals surface area (Å²) in [6, 6.07) is 34.9. The molecule has 0 heterocycles. The minimum atomic E-state index is -0.326. The second kappa shape index (κ2) is 9.80. The molecule has 0 aromatic heterocycles. The van der Waals surface area contributed by atoms with E-state index in [1.807, 2.05) is 36.4 Å². The van der Waals surface area contributed by atoms with Crippen molar-refractivity contribution in [2.24, 2.45) is 0 Å². The van der Waals surface area contributed by atoms with Gasteiger partial charge in [-0.3, -0.25) is 19.2 Å². The van der Waals surface area contributed by atoms with Gasteiger partial charge in [-0.1, -0.05) is 109 Å². The lowest BCUT2D eigenvalue weighted by Crippen LogP contribution is -2.22. The number of carbonyl (C=O) groups is 4. The van der Waals surface area contributed by atoms with Crippen LogP contribution in [-0.4, -0.2) is 23.1 Å². The van der Waals surface area contributed by atoms with Crippen LogP contribution in [0.5, 0.6) is 11.5 Å². The molecule has 5 aromatic carbocycles. The Morgan fingerprint density at radius 1 is 0.308 bits per heavy atom. The summed E-state index contributed by atoms with van der Waals surface area (Å²) in [5, 5.41) is 0. The number of ether oxygens (including phenoxy) is 1. The maximum atomic E-state index is 13.3. The lowest BCUT2D eigenvalue weighted by molar-refractivity contribution is 0.0974. The summed E-state index contributed by atoms with van der Waals surface area (Å²) in [7, 11) is 0. The van der Waals surface area contributed by atoms with E-state index in [1.54, 1.807) is 84.9 Å². The fraction of sp³-hybridized carbons (Fsp3) is 0. The predicted molar refractivity (Wildman–Crippen MR) is 146 cm³/mol. The van der Waals surface area contributed by atoms with Gasteiger partial charge in [0.15, 0.2) is 23.1 Å². The van der Waals surface area contributed by atoms with Crippen molar-refractivity contribution < 1.29 is 23.9 Å². The molecule has 2 aliphatic rings. The molecule has 0 amide bonds. The first kappa shape index (κ1) is 23.9. The van der Waals surface area contributed by atoms with Gasteiger partial charge in [-0.15, -0.1) is 0 Å². The van der Waals surface area contributed by atoms with Crippen molar-refractivity contribution in [1.82, 2.24) is 0 Å². The van der Waals surface area contributed by atoms with Crippen molar-refractivity contribution in [3.05, 3.63) is 166 Å². The van der Waals surface area contributed by atoms with Crippen LogP contribution in [0.25, 0.3) is 0 Å². The fourth-order valence-electron chi connectivity index (χ4n) is 4.90. The Morgan fingerprint density at radius 3 is 0.974 bits per heavy atom. The Labute approximate surface area is 224 Å². The molecule has 186 valence electrons. The fourth-order valence-corrected chi connectivity index (χ4v) is 4.90. The predicted octanol–water partition coefficient (Wildman–Crippen LogP) is 6.72.